The number of nitrogens with zero attached hydrogens (tertiary/aromatic N) is 2. The summed E-state index contributed by atoms with van der Waals surface area (Å²) in [5.74, 6) is -0.328. The lowest BCUT2D eigenvalue weighted by atomic mass is 10.1. The topological polar surface area (TPSA) is 113 Å². The number of amides is 3. The molecule has 0 aliphatic rings. The molecule has 5 aromatic carbocycles. The molecule has 3 N–H and O–H groups in total. The van der Waals surface area contributed by atoms with Crippen molar-refractivity contribution in [2.45, 2.75) is 17.1 Å². The molecular weight excluding hydrogens is 691 g/mol. The van der Waals surface area contributed by atoms with Crippen molar-refractivity contribution < 1.29 is 19.1 Å². The van der Waals surface area contributed by atoms with E-state index < -0.39 is 17.1 Å². The molecule has 52 heavy (non-hydrogen) atoms. The van der Waals surface area contributed by atoms with Gasteiger partial charge < -0.3 is 25.6 Å². The molecular formula is C41H37N5O4S2. The smallest absolute Gasteiger partial charge is 0.272 e. The third-order valence-corrected chi connectivity index (χ3v) is 10.1. The molecule has 1 heterocycles. The fraction of sp³-hybridized carbons (Fsp3) is 0.122. The van der Waals surface area contributed by atoms with Gasteiger partial charge in [-0.25, -0.2) is 4.98 Å². The van der Waals surface area contributed by atoms with Crippen LogP contribution in [0.3, 0.4) is 0 Å². The Morgan fingerprint density at radius 3 is 2.21 bits per heavy atom. The van der Waals surface area contributed by atoms with Gasteiger partial charge >= 0.3 is 0 Å². The molecule has 0 aliphatic carbocycles. The lowest BCUT2D eigenvalue weighted by Gasteiger charge is -2.17. The summed E-state index contributed by atoms with van der Waals surface area (Å²) in [6.07, 6.45) is 1.65. The molecule has 0 radical (unpaired) electrons. The number of carbonyl (C=O) groups excluding carboxylic acids is 3. The van der Waals surface area contributed by atoms with Crippen molar-refractivity contribution in [2.24, 2.45) is 0 Å². The number of benzene rings is 5. The Labute approximate surface area is 310 Å². The maximum atomic E-state index is 13.8. The third-order valence-electron chi connectivity index (χ3n) is 7.86. The summed E-state index contributed by atoms with van der Waals surface area (Å²) >= 11 is 2.78. The van der Waals surface area contributed by atoms with Crippen LogP contribution in [-0.2, 0) is 9.59 Å². The minimum Gasteiger partial charge on any atom is -0.494 e. The zero-order chi connectivity index (χ0) is 36.5. The molecule has 6 aromatic rings. The second-order valence-electron chi connectivity index (χ2n) is 11.8. The number of hydrogen-bond acceptors (Lipinski definition) is 8. The predicted molar refractivity (Wildman–Crippen MR) is 212 cm³/mol. The summed E-state index contributed by atoms with van der Waals surface area (Å²) in [6, 6.07) is 38.9. The van der Waals surface area contributed by atoms with Crippen molar-refractivity contribution in [3.05, 3.63) is 150 Å². The largest absolute Gasteiger partial charge is 0.494 e. The zero-order valence-corrected chi connectivity index (χ0v) is 30.5. The fourth-order valence-electron chi connectivity index (χ4n) is 5.22. The summed E-state index contributed by atoms with van der Waals surface area (Å²) in [6.45, 7) is 2.50. The van der Waals surface area contributed by atoms with Crippen molar-refractivity contribution in [2.75, 3.05) is 36.2 Å². The van der Waals surface area contributed by atoms with Crippen LogP contribution in [-0.4, -0.2) is 43.4 Å². The van der Waals surface area contributed by atoms with Crippen LogP contribution < -0.4 is 25.6 Å². The number of nitrogens with one attached hydrogen (secondary N) is 3. The first-order valence-corrected chi connectivity index (χ1v) is 18.3. The fourth-order valence-corrected chi connectivity index (χ4v) is 7.14. The van der Waals surface area contributed by atoms with Crippen molar-refractivity contribution in [1.29, 1.82) is 0 Å². The van der Waals surface area contributed by atoms with Crippen LogP contribution in [0.25, 0.3) is 16.3 Å². The van der Waals surface area contributed by atoms with Gasteiger partial charge in [0.25, 0.3) is 11.8 Å². The highest BCUT2D eigenvalue weighted by Gasteiger charge is 2.24. The Morgan fingerprint density at radius 1 is 0.846 bits per heavy atom. The first kappa shape index (κ1) is 35.9. The Morgan fingerprint density at radius 2 is 1.54 bits per heavy atom. The number of aromatic nitrogens is 1. The van der Waals surface area contributed by atoms with E-state index in [0.717, 1.165) is 37.7 Å². The Hall–Kier alpha value is -5.91. The first-order chi connectivity index (χ1) is 25.2. The van der Waals surface area contributed by atoms with Gasteiger partial charge in [-0.15, -0.1) is 11.8 Å². The molecule has 1 atom stereocenters. The van der Waals surface area contributed by atoms with Gasteiger partial charge in [0.1, 0.15) is 16.7 Å². The van der Waals surface area contributed by atoms with E-state index in [1.54, 1.807) is 42.5 Å². The molecule has 0 saturated heterocycles. The van der Waals surface area contributed by atoms with E-state index in [-0.39, 0.29) is 11.6 Å². The van der Waals surface area contributed by atoms with Gasteiger partial charge in [-0.3, -0.25) is 14.4 Å². The lowest BCUT2D eigenvalue weighted by Crippen LogP contribution is -2.30. The molecule has 11 heteroatoms. The highest BCUT2D eigenvalue weighted by atomic mass is 32.2. The molecule has 3 amide bonds. The Kier molecular flexibility index (Phi) is 11.6. The second kappa shape index (κ2) is 16.9. The van der Waals surface area contributed by atoms with Gasteiger partial charge in [-0.2, -0.15) is 0 Å². The van der Waals surface area contributed by atoms with Crippen molar-refractivity contribution in [3.8, 4) is 5.75 Å². The average molecular weight is 728 g/mol. The third kappa shape index (κ3) is 9.25. The van der Waals surface area contributed by atoms with Gasteiger partial charge in [-0.1, -0.05) is 72.0 Å². The molecule has 6 rings (SSSR count). The standard InChI is InChI=1S/C41H37N5O4S2/c1-4-50-32-21-24-34-36(26-32)52-41(44-34)45-40(49)37(28-11-7-5-8-12-28)51-33-22-17-30(18-23-33)42-39(48)35(43-38(47)29-13-9-6-10-14-29)25-27-15-19-31(20-16-27)46(2)3/h5-26,37H,4H2,1-3H3,(H,42,48)(H,43,47)(H,44,45,49)/b35-25-. The van der Waals surface area contributed by atoms with E-state index in [9.17, 15) is 14.4 Å². The molecule has 0 fully saturated rings. The van der Waals surface area contributed by atoms with E-state index in [0.29, 0.717) is 23.0 Å². The number of ether oxygens (including phenoxy) is 1. The summed E-state index contributed by atoms with van der Waals surface area (Å²) in [4.78, 5) is 47.9. The predicted octanol–water partition coefficient (Wildman–Crippen LogP) is 8.64. The normalized spacial score (nSPS) is 11.8. The average Bonchev–Trinajstić information content (AvgIpc) is 3.56. The maximum absolute atomic E-state index is 13.8. The van der Waals surface area contributed by atoms with Gasteiger partial charge in [0.2, 0.25) is 5.91 Å². The summed E-state index contributed by atoms with van der Waals surface area (Å²) in [5, 5.41) is 8.63. The second-order valence-corrected chi connectivity index (χ2v) is 14.0. The van der Waals surface area contributed by atoms with Crippen LogP contribution in [0.1, 0.15) is 33.7 Å². The number of thiazole rings is 1. The number of thioether (sulfide) groups is 1. The molecule has 1 unspecified atom stereocenters. The summed E-state index contributed by atoms with van der Waals surface area (Å²) in [5.41, 5.74) is 4.43. The number of rotatable bonds is 13. The molecule has 0 spiro atoms. The molecule has 1 aromatic heterocycles. The minimum absolute atomic E-state index is 0.0923. The van der Waals surface area contributed by atoms with E-state index >= 15 is 0 Å². The monoisotopic (exact) mass is 727 g/mol. The van der Waals surface area contributed by atoms with Crippen molar-refractivity contribution in [3.63, 3.8) is 0 Å². The van der Waals surface area contributed by atoms with E-state index in [4.69, 9.17) is 4.74 Å². The number of carbonyl (C=O) groups is 3. The molecule has 262 valence electrons. The van der Waals surface area contributed by atoms with Gasteiger partial charge in [0, 0.05) is 35.9 Å². The van der Waals surface area contributed by atoms with Crippen LogP contribution in [0.5, 0.6) is 5.75 Å². The quantitative estimate of drug-likeness (QED) is 0.0807. The van der Waals surface area contributed by atoms with Crippen LogP contribution in [0.2, 0.25) is 0 Å². The van der Waals surface area contributed by atoms with Crippen LogP contribution >= 0.6 is 23.1 Å². The van der Waals surface area contributed by atoms with Gasteiger partial charge in [0.05, 0.1) is 16.8 Å². The van der Waals surface area contributed by atoms with Crippen molar-refractivity contribution >= 4 is 73.6 Å². The highest BCUT2D eigenvalue weighted by Crippen LogP contribution is 2.38. The van der Waals surface area contributed by atoms with Gasteiger partial charge in [-0.05, 0) is 90.9 Å². The molecule has 0 aliphatic heterocycles. The number of hydrogen-bond donors (Lipinski definition) is 3. The van der Waals surface area contributed by atoms with Crippen LogP contribution in [0.15, 0.2) is 138 Å². The summed E-state index contributed by atoms with van der Waals surface area (Å²) in [7, 11) is 3.90. The Bertz CT molecular complexity index is 2190. The van der Waals surface area contributed by atoms with E-state index in [2.05, 4.69) is 20.9 Å². The Balaban J connectivity index is 1.18. The van der Waals surface area contributed by atoms with Crippen LogP contribution in [0, 0.1) is 0 Å². The molecule has 0 bridgehead atoms. The maximum Gasteiger partial charge on any atom is 0.272 e. The number of anilines is 3. The summed E-state index contributed by atoms with van der Waals surface area (Å²) < 4.78 is 6.54. The molecule has 0 saturated carbocycles. The van der Waals surface area contributed by atoms with E-state index in [1.165, 1.54) is 23.1 Å². The number of fused-ring (bicyclic) bond motifs is 1. The minimum atomic E-state index is -0.575. The molecule has 9 nitrogen and oxygen atoms in total. The van der Waals surface area contributed by atoms with Crippen molar-refractivity contribution in [1.82, 2.24) is 10.3 Å². The van der Waals surface area contributed by atoms with Gasteiger partial charge in [0.15, 0.2) is 5.13 Å². The zero-order valence-electron chi connectivity index (χ0n) is 28.8. The van der Waals surface area contributed by atoms with Crippen LogP contribution in [0.4, 0.5) is 16.5 Å². The lowest BCUT2D eigenvalue weighted by molar-refractivity contribution is -0.116. The SMILES string of the molecule is CCOc1ccc2nc(NC(=O)C(Sc3ccc(NC(=O)/C(=C/c4ccc(N(C)C)cc4)NC(=O)c4ccccc4)cc3)c3ccccc3)sc2c1. The highest BCUT2D eigenvalue weighted by molar-refractivity contribution is 8.00. The first-order valence-electron chi connectivity index (χ1n) is 16.6. The van der Waals surface area contributed by atoms with E-state index in [1.807, 2.05) is 117 Å².